The van der Waals surface area contributed by atoms with Crippen molar-refractivity contribution in [3.05, 3.63) is 83.9 Å². The number of amides is 1. The molecule has 1 amide bonds. The summed E-state index contributed by atoms with van der Waals surface area (Å²) in [7, 11) is 3.23. The van der Waals surface area contributed by atoms with E-state index < -0.39 is 0 Å². The van der Waals surface area contributed by atoms with E-state index in [9.17, 15) is 4.79 Å². The highest BCUT2D eigenvalue weighted by Gasteiger charge is 2.25. The summed E-state index contributed by atoms with van der Waals surface area (Å²) in [5.41, 5.74) is 3.63. The van der Waals surface area contributed by atoms with Gasteiger partial charge in [0.25, 0.3) is 5.91 Å². The van der Waals surface area contributed by atoms with Gasteiger partial charge in [0, 0.05) is 25.3 Å². The van der Waals surface area contributed by atoms with Crippen LogP contribution in [0.5, 0.6) is 11.5 Å². The Morgan fingerprint density at radius 2 is 1.72 bits per heavy atom. The van der Waals surface area contributed by atoms with Gasteiger partial charge >= 0.3 is 0 Å². The van der Waals surface area contributed by atoms with Gasteiger partial charge in [-0.05, 0) is 47.7 Å². The Labute approximate surface area is 189 Å². The summed E-state index contributed by atoms with van der Waals surface area (Å²) >= 11 is 0. The summed E-state index contributed by atoms with van der Waals surface area (Å²) in [6.07, 6.45) is 2.06. The van der Waals surface area contributed by atoms with Gasteiger partial charge in [-0.25, -0.2) is 0 Å². The lowest BCUT2D eigenvalue weighted by molar-refractivity contribution is 0.0507. The molecule has 0 unspecified atom stereocenters. The van der Waals surface area contributed by atoms with Gasteiger partial charge in [0.05, 0.1) is 20.3 Å². The van der Waals surface area contributed by atoms with E-state index >= 15 is 0 Å². The molecule has 1 aliphatic rings. The van der Waals surface area contributed by atoms with Gasteiger partial charge in [0.2, 0.25) is 0 Å². The third kappa shape index (κ3) is 4.94. The van der Waals surface area contributed by atoms with Crippen molar-refractivity contribution in [2.75, 3.05) is 27.4 Å². The molecule has 0 N–H and O–H groups in total. The summed E-state index contributed by atoms with van der Waals surface area (Å²) in [4.78, 5) is 15.7. The SMILES string of the molecule is COc1ccc(CN(C[C@@H]2CCCO2)C(=O)c2ccccc2-c2ccccc2)cc1OC. The van der Waals surface area contributed by atoms with Gasteiger partial charge < -0.3 is 19.1 Å². The van der Waals surface area contributed by atoms with E-state index in [1.54, 1.807) is 14.2 Å². The topological polar surface area (TPSA) is 48.0 Å². The van der Waals surface area contributed by atoms with E-state index in [0.29, 0.717) is 30.2 Å². The lowest BCUT2D eigenvalue weighted by Crippen LogP contribution is -2.37. The quantitative estimate of drug-likeness (QED) is 0.492. The number of hydrogen-bond donors (Lipinski definition) is 0. The highest BCUT2D eigenvalue weighted by Crippen LogP contribution is 2.30. The number of nitrogens with zero attached hydrogens (tertiary/aromatic N) is 1. The first kappa shape index (κ1) is 21.9. The van der Waals surface area contributed by atoms with Crippen molar-refractivity contribution in [1.82, 2.24) is 4.90 Å². The molecule has 1 fully saturated rings. The largest absolute Gasteiger partial charge is 0.493 e. The fourth-order valence-corrected chi connectivity index (χ4v) is 4.16. The zero-order valence-corrected chi connectivity index (χ0v) is 18.6. The minimum absolute atomic E-state index is 0.00487. The Balaban J connectivity index is 1.66. The number of ether oxygens (including phenoxy) is 3. The molecule has 1 heterocycles. The first-order valence-corrected chi connectivity index (χ1v) is 11.0. The lowest BCUT2D eigenvalue weighted by atomic mass is 9.98. The summed E-state index contributed by atoms with van der Waals surface area (Å²) in [6, 6.07) is 23.6. The Morgan fingerprint density at radius 1 is 0.969 bits per heavy atom. The molecule has 4 rings (SSSR count). The number of carbonyl (C=O) groups is 1. The Kier molecular flexibility index (Phi) is 7.07. The Bertz CT molecular complexity index is 1040. The average Bonchev–Trinajstić information content (AvgIpc) is 3.37. The zero-order valence-electron chi connectivity index (χ0n) is 18.6. The highest BCUT2D eigenvalue weighted by molar-refractivity contribution is 6.00. The maximum absolute atomic E-state index is 13.8. The minimum Gasteiger partial charge on any atom is -0.493 e. The monoisotopic (exact) mass is 431 g/mol. The maximum atomic E-state index is 13.8. The zero-order chi connectivity index (χ0) is 22.3. The molecule has 0 aliphatic carbocycles. The first-order valence-electron chi connectivity index (χ1n) is 11.0. The molecule has 5 heteroatoms. The molecule has 0 aromatic heterocycles. The maximum Gasteiger partial charge on any atom is 0.254 e. The molecule has 166 valence electrons. The Morgan fingerprint density at radius 3 is 2.44 bits per heavy atom. The van der Waals surface area contributed by atoms with E-state index in [4.69, 9.17) is 14.2 Å². The van der Waals surface area contributed by atoms with Crippen molar-refractivity contribution in [2.45, 2.75) is 25.5 Å². The molecular weight excluding hydrogens is 402 g/mol. The van der Waals surface area contributed by atoms with Crippen LogP contribution >= 0.6 is 0 Å². The van der Waals surface area contributed by atoms with Crippen LogP contribution in [0.1, 0.15) is 28.8 Å². The molecular formula is C27H29NO4. The van der Waals surface area contributed by atoms with Crippen molar-refractivity contribution in [2.24, 2.45) is 0 Å². The minimum atomic E-state index is -0.00487. The fourth-order valence-electron chi connectivity index (χ4n) is 4.16. The predicted molar refractivity (Wildman–Crippen MR) is 125 cm³/mol. The molecule has 1 aliphatic heterocycles. The van der Waals surface area contributed by atoms with E-state index in [0.717, 1.165) is 36.1 Å². The van der Waals surface area contributed by atoms with E-state index in [1.165, 1.54) is 0 Å². The number of carbonyl (C=O) groups excluding carboxylic acids is 1. The molecule has 32 heavy (non-hydrogen) atoms. The van der Waals surface area contributed by atoms with Crippen molar-refractivity contribution in [3.8, 4) is 22.6 Å². The lowest BCUT2D eigenvalue weighted by Gasteiger charge is -2.27. The van der Waals surface area contributed by atoms with Gasteiger partial charge in [-0.3, -0.25) is 4.79 Å². The van der Waals surface area contributed by atoms with E-state index in [1.807, 2.05) is 77.7 Å². The van der Waals surface area contributed by atoms with Gasteiger partial charge in [0.1, 0.15) is 0 Å². The van der Waals surface area contributed by atoms with Crippen LogP contribution in [0.3, 0.4) is 0 Å². The molecule has 1 saturated heterocycles. The second kappa shape index (κ2) is 10.3. The van der Waals surface area contributed by atoms with Crippen LogP contribution in [-0.4, -0.2) is 44.3 Å². The third-order valence-corrected chi connectivity index (χ3v) is 5.80. The number of hydrogen-bond acceptors (Lipinski definition) is 4. The third-order valence-electron chi connectivity index (χ3n) is 5.80. The van der Waals surface area contributed by atoms with Gasteiger partial charge in [0.15, 0.2) is 11.5 Å². The smallest absolute Gasteiger partial charge is 0.254 e. The van der Waals surface area contributed by atoms with Gasteiger partial charge in [-0.2, -0.15) is 0 Å². The predicted octanol–water partition coefficient (Wildman–Crippen LogP) is 5.19. The van der Waals surface area contributed by atoms with Gasteiger partial charge in [-0.1, -0.05) is 54.6 Å². The van der Waals surface area contributed by atoms with Crippen LogP contribution in [0.25, 0.3) is 11.1 Å². The average molecular weight is 432 g/mol. The Hall–Kier alpha value is -3.31. The molecule has 1 atom stereocenters. The van der Waals surface area contributed by atoms with Crippen LogP contribution in [-0.2, 0) is 11.3 Å². The van der Waals surface area contributed by atoms with Crippen molar-refractivity contribution in [1.29, 1.82) is 0 Å². The van der Waals surface area contributed by atoms with Crippen LogP contribution in [0.4, 0.5) is 0 Å². The highest BCUT2D eigenvalue weighted by atomic mass is 16.5. The molecule has 5 nitrogen and oxygen atoms in total. The van der Waals surface area contributed by atoms with E-state index in [2.05, 4.69) is 0 Å². The number of rotatable bonds is 8. The number of methoxy groups -OCH3 is 2. The molecule has 0 saturated carbocycles. The summed E-state index contributed by atoms with van der Waals surface area (Å²) < 4.78 is 16.7. The summed E-state index contributed by atoms with van der Waals surface area (Å²) in [5.74, 6) is 1.32. The van der Waals surface area contributed by atoms with E-state index in [-0.39, 0.29) is 12.0 Å². The normalized spacial score (nSPS) is 15.4. The van der Waals surface area contributed by atoms with Crippen LogP contribution in [0.15, 0.2) is 72.8 Å². The standard InChI is InChI=1S/C27H29NO4/c1-30-25-15-14-20(17-26(25)31-2)18-28(19-22-11-8-16-32-22)27(29)24-13-7-6-12-23(24)21-9-4-3-5-10-21/h3-7,9-10,12-15,17,22H,8,11,16,18-19H2,1-2H3/t22-/m0/s1. The van der Waals surface area contributed by atoms with Crippen molar-refractivity contribution >= 4 is 5.91 Å². The van der Waals surface area contributed by atoms with Crippen molar-refractivity contribution in [3.63, 3.8) is 0 Å². The van der Waals surface area contributed by atoms with Crippen LogP contribution in [0, 0.1) is 0 Å². The van der Waals surface area contributed by atoms with Gasteiger partial charge in [-0.15, -0.1) is 0 Å². The molecule has 0 spiro atoms. The van der Waals surface area contributed by atoms with Crippen LogP contribution in [0.2, 0.25) is 0 Å². The summed E-state index contributed by atoms with van der Waals surface area (Å²) in [6.45, 7) is 1.77. The van der Waals surface area contributed by atoms with Crippen molar-refractivity contribution < 1.29 is 19.0 Å². The second-order valence-corrected chi connectivity index (χ2v) is 7.92. The molecule has 3 aromatic carbocycles. The number of benzene rings is 3. The molecule has 0 bridgehead atoms. The molecule has 0 radical (unpaired) electrons. The second-order valence-electron chi connectivity index (χ2n) is 7.92. The first-order chi connectivity index (χ1) is 15.7. The fraction of sp³-hybridized carbons (Fsp3) is 0.296. The summed E-state index contributed by atoms with van der Waals surface area (Å²) in [5, 5.41) is 0. The van der Waals surface area contributed by atoms with Crippen LogP contribution < -0.4 is 9.47 Å². The molecule has 3 aromatic rings.